The molecular weight excluding hydrogens is 603 g/mol. The summed E-state index contributed by atoms with van der Waals surface area (Å²) in [7, 11) is 0. The number of hydrogen-bond donors (Lipinski definition) is 4. The molecule has 0 aliphatic carbocycles. The molecule has 13 heteroatoms. The Morgan fingerprint density at radius 1 is 1.07 bits per heavy atom. The Labute approximate surface area is 264 Å². The van der Waals surface area contributed by atoms with Gasteiger partial charge in [-0.15, -0.1) is 0 Å². The molecule has 0 bridgehead atoms. The molecule has 0 spiro atoms. The maximum atomic E-state index is 13.5. The third-order valence-electron chi connectivity index (χ3n) is 6.91. The number of carbonyl (C=O) groups excluding carboxylic acids is 2. The van der Waals surface area contributed by atoms with E-state index < -0.39 is 5.91 Å². The number of hydrogen-bond acceptors (Lipinski definition) is 9. The van der Waals surface area contributed by atoms with Crippen molar-refractivity contribution in [3.63, 3.8) is 0 Å². The molecule has 4 aromatic rings. The summed E-state index contributed by atoms with van der Waals surface area (Å²) >= 11 is 6.45. The van der Waals surface area contributed by atoms with Crippen LogP contribution in [0.5, 0.6) is 5.75 Å². The molecule has 0 atom stereocenters. The van der Waals surface area contributed by atoms with Crippen LogP contribution >= 0.6 is 11.6 Å². The van der Waals surface area contributed by atoms with Crippen LogP contribution in [0.1, 0.15) is 12.0 Å². The van der Waals surface area contributed by atoms with Crippen molar-refractivity contribution in [3.05, 3.63) is 95.2 Å². The standard InChI is InChI=1S/C32H32ClFN6O5/c33-26-18-24(5-7-29(26)45-19-21-2-1-3-22(34)16-21)39-31-25-17-23(4-6-27(25)36-20-37-31)38-30(42)8-10-35-32(43)28(41)9-11-40-12-14-44-15-13-40/h1-7,9,16-18,20,41H,8,10-15,19H2,(H,35,43)(H,38,42)(H,36,37,39). The molecule has 11 nitrogen and oxygen atoms in total. The Morgan fingerprint density at radius 3 is 2.69 bits per heavy atom. The van der Waals surface area contributed by atoms with Gasteiger partial charge in [0.05, 0.1) is 23.8 Å². The lowest BCUT2D eigenvalue weighted by molar-refractivity contribution is -0.120. The average molecular weight is 635 g/mol. The molecule has 3 aromatic carbocycles. The highest BCUT2D eigenvalue weighted by Crippen LogP contribution is 2.31. The lowest BCUT2D eigenvalue weighted by Gasteiger charge is -2.25. The number of halogens is 2. The first-order valence-corrected chi connectivity index (χ1v) is 14.7. The van der Waals surface area contributed by atoms with E-state index >= 15 is 0 Å². The van der Waals surface area contributed by atoms with Crippen LogP contribution in [0.15, 0.2) is 78.8 Å². The molecule has 4 N–H and O–H groups in total. The van der Waals surface area contributed by atoms with Gasteiger partial charge in [-0.25, -0.2) is 14.4 Å². The van der Waals surface area contributed by atoms with E-state index in [1.807, 2.05) is 0 Å². The van der Waals surface area contributed by atoms with Crippen LogP contribution < -0.4 is 20.7 Å². The Hall–Kier alpha value is -4.78. The predicted molar refractivity (Wildman–Crippen MR) is 169 cm³/mol. The van der Waals surface area contributed by atoms with E-state index in [9.17, 15) is 19.1 Å². The minimum Gasteiger partial charge on any atom is -0.503 e. The smallest absolute Gasteiger partial charge is 0.285 e. The minimum atomic E-state index is -0.638. The van der Waals surface area contributed by atoms with Gasteiger partial charge >= 0.3 is 0 Å². The Kier molecular flexibility index (Phi) is 10.7. The van der Waals surface area contributed by atoms with E-state index in [2.05, 4.69) is 30.8 Å². The number of morpholine rings is 1. The molecule has 45 heavy (non-hydrogen) atoms. The first-order chi connectivity index (χ1) is 21.8. The average Bonchev–Trinajstić information content (AvgIpc) is 3.04. The van der Waals surface area contributed by atoms with E-state index in [-0.39, 0.29) is 37.1 Å². The number of nitrogens with zero attached hydrogens (tertiary/aromatic N) is 3. The van der Waals surface area contributed by atoms with Gasteiger partial charge < -0.3 is 30.5 Å². The fourth-order valence-electron chi connectivity index (χ4n) is 4.55. The number of rotatable bonds is 12. The van der Waals surface area contributed by atoms with E-state index in [4.69, 9.17) is 21.1 Å². The van der Waals surface area contributed by atoms with Gasteiger partial charge in [-0.05, 0) is 60.2 Å². The van der Waals surface area contributed by atoms with E-state index in [1.165, 1.54) is 24.5 Å². The van der Waals surface area contributed by atoms with Gasteiger partial charge in [-0.1, -0.05) is 23.7 Å². The van der Waals surface area contributed by atoms with Crippen molar-refractivity contribution in [1.82, 2.24) is 20.2 Å². The molecule has 5 rings (SSSR count). The van der Waals surface area contributed by atoms with Crippen LogP contribution in [0.3, 0.4) is 0 Å². The first kappa shape index (κ1) is 31.6. The highest BCUT2D eigenvalue weighted by atomic mass is 35.5. The SMILES string of the molecule is O=C(CCNC(=O)C(O)=CCN1CCOCC1)Nc1ccc2ncnc(Nc3ccc(OCc4cccc(F)c4)c(Cl)c3)c2c1. The first-order valence-electron chi connectivity index (χ1n) is 14.3. The maximum Gasteiger partial charge on any atom is 0.285 e. The van der Waals surface area contributed by atoms with Crippen molar-refractivity contribution < 1.29 is 28.6 Å². The molecular formula is C32H32ClFN6O5. The summed E-state index contributed by atoms with van der Waals surface area (Å²) in [5, 5.41) is 19.6. The fourth-order valence-corrected chi connectivity index (χ4v) is 4.78. The zero-order valence-corrected chi connectivity index (χ0v) is 25.0. The molecule has 2 amide bonds. The summed E-state index contributed by atoms with van der Waals surface area (Å²) in [4.78, 5) is 35.5. The summed E-state index contributed by atoms with van der Waals surface area (Å²) in [6, 6.07) is 16.5. The lowest BCUT2D eigenvalue weighted by atomic mass is 10.2. The quantitative estimate of drug-likeness (QED) is 0.126. The van der Waals surface area contributed by atoms with Gasteiger partial charge in [0, 0.05) is 49.4 Å². The number of anilines is 3. The number of fused-ring (bicyclic) bond motifs is 1. The van der Waals surface area contributed by atoms with Gasteiger partial charge in [0.15, 0.2) is 5.76 Å². The summed E-state index contributed by atoms with van der Waals surface area (Å²) < 4.78 is 24.5. The number of aliphatic hydroxyl groups is 1. The second-order valence-electron chi connectivity index (χ2n) is 10.2. The van der Waals surface area contributed by atoms with Crippen molar-refractivity contribution >= 4 is 51.5 Å². The van der Waals surface area contributed by atoms with Crippen LogP contribution in [0.2, 0.25) is 5.02 Å². The molecule has 0 saturated carbocycles. The Balaban J connectivity index is 1.15. The van der Waals surface area contributed by atoms with Crippen LogP contribution in [-0.2, 0) is 20.9 Å². The molecule has 1 saturated heterocycles. The third-order valence-corrected chi connectivity index (χ3v) is 7.21. The van der Waals surface area contributed by atoms with Gasteiger partial charge in [0.1, 0.15) is 30.3 Å². The third kappa shape index (κ3) is 9.11. The van der Waals surface area contributed by atoms with Crippen molar-refractivity contribution in [2.24, 2.45) is 0 Å². The van der Waals surface area contributed by atoms with E-state index in [0.29, 0.717) is 64.2 Å². The van der Waals surface area contributed by atoms with Gasteiger partial charge in [0.25, 0.3) is 5.91 Å². The van der Waals surface area contributed by atoms with Gasteiger partial charge in [-0.3, -0.25) is 14.5 Å². The number of carbonyl (C=O) groups is 2. The minimum absolute atomic E-state index is 0.00303. The predicted octanol–water partition coefficient (Wildman–Crippen LogP) is 4.96. The van der Waals surface area contributed by atoms with Gasteiger partial charge in [0.2, 0.25) is 5.91 Å². The normalized spacial score (nSPS) is 13.8. The molecule has 1 fully saturated rings. The number of aromatic nitrogens is 2. The summed E-state index contributed by atoms with van der Waals surface area (Å²) in [5.41, 5.74) is 2.49. The summed E-state index contributed by atoms with van der Waals surface area (Å²) in [5.74, 6) is -0.746. The van der Waals surface area contributed by atoms with Gasteiger partial charge in [-0.2, -0.15) is 0 Å². The second kappa shape index (κ2) is 15.3. The fraction of sp³-hybridized carbons (Fsp3) is 0.250. The van der Waals surface area contributed by atoms with Crippen molar-refractivity contribution in [1.29, 1.82) is 0 Å². The highest BCUT2D eigenvalue weighted by molar-refractivity contribution is 6.32. The monoisotopic (exact) mass is 634 g/mol. The lowest BCUT2D eigenvalue weighted by Crippen LogP contribution is -2.36. The highest BCUT2D eigenvalue weighted by Gasteiger charge is 2.13. The topological polar surface area (TPSA) is 138 Å². The zero-order chi connectivity index (χ0) is 31.6. The number of amides is 2. The van der Waals surface area contributed by atoms with Crippen molar-refractivity contribution in [2.75, 3.05) is 50.0 Å². The van der Waals surface area contributed by atoms with Crippen LogP contribution in [-0.4, -0.2) is 71.2 Å². The number of nitrogens with one attached hydrogen (secondary N) is 3. The number of aliphatic hydroxyl groups excluding tert-OH is 1. The largest absolute Gasteiger partial charge is 0.503 e. The van der Waals surface area contributed by atoms with E-state index in [0.717, 1.165) is 13.1 Å². The summed E-state index contributed by atoms with van der Waals surface area (Å²) in [6.45, 7) is 3.37. The molecule has 1 aliphatic rings. The van der Waals surface area contributed by atoms with Crippen molar-refractivity contribution in [3.8, 4) is 5.75 Å². The molecule has 1 aliphatic heterocycles. The second-order valence-corrected chi connectivity index (χ2v) is 10.6. The zero-order valence-electron chi connectivity index (χ0n) is 24.3. The molecule has 0 unspecified atom stereocenters. The molecule has 2 heterocycles. The van der Waals surface area contributed by atoms with Crippen molar-refractivity contribution in [2.45, 2.75) is 13.0 Å². The molecule has 1 aromatic heterocycles. The van der Waals surface area contributed by atoms with Crippen LogP contribution in [0, 0.1) is 5.82 Å². The maximum absolute atomic E-state index is 13.5. The van der Waals surface area contributed by atoms with Crippen LogP contribution in [0.4, 0.5) is 21.6 Å². The summed E-state index contributed by atoms with van der Waals surface area (Å²) in [6.07, 6.45) is 2.88. The van der Waals surface area contributed by atoms with Crippen LogP contribution in [0.25, 0.3) is 10.9 Å². The Bertz CT molecular complexity index is 1700. The molecule has 234 valence electrons. The Morgan fingerprint density at radius 2 is 1.89 bits per heavy atom. The molecule has 0 radical (unpaired) electrons. The number of benzene rings is 3. The number of ether oxygens (including phenoxy) is 2. The van der Waals surface area contributed by atoms with E-state index in [1.54, 1.807) is 48.5 Å².